The van der Waals surface area contributed by atoms with E-state index in [1.807, 2.05) is 32.0 Å². The van der Waals surface area contributed by atoms with Crippen molar-refractivity contribution in [2.45, 2.75) is 26.9 Å². The first-order valence-electron chi connectivity index (χ1n) is 9.85. The molecule has 1 heterocycles. The minimum atomic E-state index is -0.641. The van der Waals surface area contributed by atoms with Crippen molar-refractivity contribution in [2.24, 2.45) is 7.05 Å². The van der Waals surface area contributed by atoms with Gasteiger partial charge in [-0.1, -0.05) is 18.2 Å². The molecule has 0 aliphatic heterocycles. The van der Waals surface area contributed by atoms with Crippen LogP contribution in [0.25, 0.3) is 5.69 Å². The highest BCUT2D eigenvalue weighted by molar-refractivity contribution is 5.95. The number of para-hydroxylation sites is 1. The highest BCUT2D eigenvalue weighted by Gasteiger charge is 2.19. The second kappa shape index (κ2) is 9.34. The topological polar surface area (TPSA) is 91.6 Å². The predicted octanol–water partition coefficient (Wildman–Crippen LogP) is 3.07. The zero-order valence-electron chi connectivity index (χ0n) is 17.9. The van der Waals surface area contributed by atoms with Crippen LogP contribution in [0.5, 0.6) is 5.75 Å². The van der Waals surface area contributed by atoms with E-state index in [0.29, 0.717) is 22.7 Å². The molecule has 0 bridgehead atoms. The smallest absolute Gasteiger partial charge is 0.338 e. The Morgan fingerprint density at radius 1 is 1.03 bits per heavy atom. The van der Waals surface area contributed by atoms with Crippen LogP contribution in [0.2, 0.25) is 0 Å². The first-order valence-corrected chi connectivity index (χ1v) is 9.85. The lowest BCUT2D eigenvalue weighted by atomic mass is 10.2. The fourth-order valence-electron chi connectivity index (χ4n) is 3.04. The van der Waals surface area contributed by atoms with E-state index in [2.05, 4.69) is 5.32 Å². The number of anilines is 1. The van der Waals surface area contributed by atoms with E-state index in [9.17, 15) is 14.4 Å². The van der Waals surface area contributed by atoms with Gasteiger partial charge in [-0.3, -0.25) is 14.3 Å². The number of carbonyl (C=O) groups is 2. The van der Waals surface area contributed by atoms with E-state index in [0.717, 1.165) is 0 Å². The molecule has 3 rings (SSSR count). The monoisotopic (exact) mass is 423 g/mol. The molecule has 0 unspecified atom stereocenters. The van der Waals surface area contributed by atoms with Crippen molar-refractivity contribution >= 4 is 17.6 Å². The van der Waals surface area contributed by atoms with Gasteiger partial charge in [0, 0.05) is 7.05 Å². The maximum atomic E-state index is 12.8. The molecule has 8 heteroatoms. The molecule has 1 N–H and O–H groups in total. The van der Waals surface area contributed by atoms with E-state index in [-0.39, 0.29) is 17.4 Å². The molecule has 0 aliphatic rings. The molecule has 0 radical (unpaired) electrons. The highest BCUT2D eigenvalue weighted by Crippen LogP contribution is 2.15. The number of aromatic nitrogens is 2. The van der Waals surface area contributed by atoms with Crippen LogP contribution in [0, 0.1) is 6.92 Å². The maximum Gasteiger partial charge on any atom is 0.338 e. The number of ether oxygens (including phenoxy) is 2. The molecule has 0 saturated heterocycles. The molecule has 1 amide bonds. The highest BCUT2D eigenvalue weighted by atomic mass is 16.5. The summed E-state index contributed by atoms with van der Waals surface area (Å²) in [4.78, 5) is 37.3. The SMILES string of the molecule is Cc1c(NC(=O)COC(=O)c2ccc(OC(C)C)cc2)c(=O)n(-c2ccccc2)n1C. The average molecular weight is 423 g/mol. The quantitative estimate of drug-likeness (QED) is 0.590. The number of nitrogens with zero attached hydrogens (tertiary/aromatic N) is 2. The summed E-state index contributed by atoms with van der Waals surface area (Å²) in [5, 5.41) is 2.56. The number of hydrogen-bond acceptors (Lipinski definition) is 5. The van der Waals surface area contributed by atoms with Crippen LogP contribution < -0.4 is 15.6 Å². The first-order chi connectivity index (χ1) is 14.8. The molecular formula is C23H25N3O5. The van der Waals surface area contributed by atoms with Crippen molar-refractivity contribution in [3.8, 4) is 11.4 Å². The van der Waals surface area contributed by atoms with Gasteiger partial charge >= 0.3 is 5.97 Å². The first kappa shape index (κ1) is 21.9. The number of carbonyl (C=O) groups excluding carboxylic acids is 2. The van der Waals surface area contributed by atoms with Crippen molar-refractivity contribution in [1.29, 1.82) is 0 Å². The molecule has 31 heavy (non-hydrogen) atoms. The molecule has 0 fully saturated rings. The van der Waals surface area contributed by atoms with Crippen LogP contribution in [0.1, 0.15) is 29.9 Å². The van der Waals surface area contributed by atoms with Crippen LogP contribution >= 0.6 is 0 Å². The summed E-state index contributed by atoms with van der Waals surface area (Å²) in [6, 6.07) is 15.6. The van der Waals surface area contributed by atoms with Crippen LogP contribution in [0.4, 0.5) is 5.69 Å². The summed E-state index contributed by atoms with van der Waals surface area (Å²) < 4.78 is 13.7. The Morgan fingerprint density at radius 2 is 1.68 bits per heavy atom. The van der Waals surface area contributed by atoms with Crippen molar-refractivity contribution in [2.75, 3.05) is 11.9 Å². The number of benzene rings is 2. The van der Waals surface area contributed by atoms with Gasteiger partial charge in [0.25, 0.3) is 11.5 Å². The molecule has 2 aromatic carbocycles. The van der Waals surface area contributed by atoms with E-state index in [1.165, 1.54) is 4.68 Å². The van der Waals surface area contributed by atoms with Gasteiger partial charge in [-0.05, 0) is 57.2 Å². The largest absolute Gasteiger partial charge is 0.491 e. The zero-order valence-corrected chi connectivity index (χ0v) is 17.9. The second-order valence-electron chi connectivity index (χ2n) is 7.25. The number of amides is 1. The molecule has 0 atom stereocenters. The van der Waals surface area contributed by atoms with Crippen LogP contribution in [0.15, 0.2) is 59.4 Å². The Bertz CT molecular complexity index is 1130. The third-order valence-corrected chi connectivity index (χ3v) is 4.61. The molecule has 0 spiro atoms. The zero-order chi connectivity index (χ0) is 22.5. The summed E-state index contributed by atoms with van der Waals surface area (Å²) in [5.74, 6) is -0.601. The molecule has 1 aromatic heterocycles. The second-order valence-corrected chi connectivity index (χ2v) is 7.25. The fourth-order valence-corrected chi connectivity index (χ4v) is 3.04. The van der Waals surface area contributed by atoms with Gasteiger partial charge in [0.15, 0.2) is 6.61 Å². The molecule has 3 aromatic rings. The number of rotatable bonds is 7. The number of esters is 1. The predicted molar refractivity (Wildman–Crippen MR) is 117 cm³/mol. The van der Waals surface area contributed by atoms with E-state index in [1.54, 1.807) is 55.1 Å². The van der Waals surface area contributed by atoms with Crippen molar-refractivity contribution in [1.82, 2.24) is 9.36 Å². The summed E-state index contributed by atoms with van der Waals surface area (Å²) in [6.45, 7) is 5.03. The normalized spacial score (nSPS) is 10.7. The van der Waals surface area contributed by atoms with Gasteiger partial charge in [0.2, 0.25) is 0 Å². The van der Waals surface area contributed by atoms with Crippen molar-refractivity contribution in [3.63, 3.8) is 0 Å². The third kappa shape index (κ3) is 5.03. The van der Waals surface area contributed by atoms with Crippen LogP contribution in [-0.2, 0) is 16.6 Å². The Morgan fingerprint density at radius 3 is 2.29 bits per heavy atom. The van der Waals surface area contributed by atoms with Gasteiger partial charge in [-0.25, -0.2) is 9.48 Å². The standard InChI is InChI=1S/C23H25N3O5/c1-15(2)31-19-12-10-17(11-13-19)23(29)30-14-20(27)24-21-16(3)25(4)26(22(21)28)18-8-6-5-7-9-18/h5-13,15H,14H2,1-4H3,(H,24,27). The number of nitrogens with one attached hydrogen (secondary N) is 1. The molecule has 162 valence electrons. The minimum absolute atomic E-state index is 0.0226. The van der Waals surface area contributed by atoms with Crippen LogP contribution in [-0.4, -0.2) is 34.0 Å². The van der Waals surface area contributed by atoms with Crippen molar-refractivity contribution < 1.29 is 19.1 Å². The lowest BCUT2D eigenvalue weighted by molar-refractivity contribution is -0.119. The Kier molecular flexibility index (Phi) is 6.59. The molecule has 8 nitrogen and oxygen atoms in total. The lowest BCUT2D eigenvalue weighted by Gasteiger charge is -2.10. The fraction of sp³-hybridized carbons (Fsp3) is 0.261. The van der Waals surface area contributed by atoms with E-state index in [4.69, 9.17) is 9.47 Å². The van der Waals surface area contributed by atoms with Crippen molar-refractivity contribution in [3.05, 3.63) is 76.2 Å². The van der Waals surface area contributed by atoms with Gasteiger partial charge in [0.05, 0.1) is 23.0 Å². The number of hydrogen-bond donors (Lipinski definition) is 1. The minimum Gasteiger partial charge on any atom is -0.491 e. The lowest BCUT2D eigenvalue weighted by Crippen LogP contribution is -2.25. The maximum absolute atomic E-state index is 12.8. The van der Waals surface area contributed by atoms with E-state index >= 15 is 0 Å². The Hall–Kier alpha value is -3.81. The van der Waals surface area contributed by atoms with E-state index < -0.39 is 18.5 Å². The van der Waals surface area contributed by atoms with Gasteiger partial charge < -0.3 is 14.8 Å². The summed E-state index contributed by atoms with van der Waals surface area (Å²) >= 11 is 0. The Labute approximate surface area is 180 Å². The third-order valence-electron chi connectivity index (χ3n) is 4.61. The van der Waals surface area contributed by atoms with Crippen LogP contribution in [0.3, 0.4) is 0 Å². The summed E-state index contributed by atoms with van der Waals surface area (Å²) in [6.07, 6.45) is 0.0226. The Balaban J connectivity index is 1.65. The van der Waals surface area contributed by atoms with Gasteiger partial charge in [0.1, 0.15) is 11.4 Å². The summed E-state index contributed by atoms with van der Waals surface area (Å²) in [5.41, 5.74) is 1.32. The molecule has 0 aliphatic carbocycles. The van der Waals surface area contributed by atoms with Gasteiger partial charge in [-0.15, -0.1) is 0 Å². The molecule has 0 saturated carbocycles. The average Bonchev–Trinajstić information content (AvgIpc) is 2.96. The summed E-state index contributed by atoms with van der Waals surface area (Å²) in [7, 11) is 1.73. The molecular weight excluding hydrogens is 398 g/mol. The van der Waals surface area contributed by atoms with Gasteiger partial charge in [-0.2, -0.15) is 0 Å².